The zero-order valence-electron chi connectivity index (χ0n) is 10.3. The first-order valence-electron chi connectivity index (χ1n) is 5.65. The van der Waals surface area contributed by atoms with Crippen molar-refractivity contribution in [2.45, 2.75) is 25.8 Å². The van der Waals surface area contributed by atoms with Crippen molar-refractivity contribution in [1.29, 1.82) is 0 Å². The first-order chi connectivity index (χ1) is 8.24. The molecule has 0 aliphatic heterocycles. The van der Waals surface area contributed by atoms with E-state index in [4.69, 9.17) is 4.74 Å². The van der Waals surface area contributed by atoms with Gasteiger partial charge in [0.1, 0.15) is 16.2 Å². The van der Waals surface area contributed by atoms with Gasteiger partial charge in [-0.2, -0.15) is 0 Å². The van der Waals surface area contributed by atoms with Gasteiger partial charge in [0.05, 0.1) is 6.61 Å². The minimum absolute atomic E-state index is 0.773. The third kappa shape index (κ3) is 2.78. The van der Waals surface area contributed by atoms with Crippen molar-refractivity contribution in [2.75, 3.05) is 19.0 Å². The standard InChI is InChI=1S/C12H16N2OS2/c1-4-15-5-6-16-11-10-8(2)9(3)17-12(10)14-7-13-11/h7H,4-6H2,1-3H3. The van der Waals surface area contributed by atoms with Crippen molar-refractivity contribution in [3.63, 3.8) is 0 Å². The Morgan fingerprint density at radius 1 is 1.35 bits per heavy atom. The average Bonchev–Trinajstić information content (AvgIpc) is 2.62. The molecular weight excluding hydrogens is 252 g/mol. The van der Waals surface area contributed by atoms with Crippen molar-refractivity contribution in [3.05, 3.63) is 16.8 Å². The van der Waals surface area contributed by atoms with Crippen molar-refractivity contribution in [3.8, 4) is 0 Å². The summed E-state index contributed by atoms with van der Waals surface area (Å²) in [6, 6.07) is 0. The fraction of sp³-hybridized carbons (Fsp3) is 0.500. The summed E-state index contributed by atoms with van der Waals surface area (Å²) in [5.74, 6) is 0.939. The van der Waals surface area contributed by atoms with Crippen LogP contribution >= 0.6 is 23.1 Å². The van der Waals surface area contributed by atoms with Crippen LogP contribution in [0.25, 0.3) is 10.2 Å². The molecule has 0 spiro atoms. The fourth-order valence-corrected chi connectivity index (χ4v) is 3.57. The highest BCUT2D eigenvalue weighted by Crippen LogP contribution is 2.34. The zero-order chi connectivity index (χ0) is 12.3. The molecule has 0 atom stereocenters. The Balaban J connectivity index is 2.21. The normalized spacial score (nSPS) is 11.2. The molecule has 0 bridgehead atoms. The summed E-state index contributed by atoms with van der Waals surface area (Å²) in [5, 5.41) is 2.30. The third-order valence-electron chi connectivity index (χ3n) is 2.60. The van der Waals surface area contributed by atoms with Crippen LogP contribution < -0.4 is 0 Å². The van der Waals surface area contributed by atoms with E-state index in [1.165, 1.54) is 15.8 Å². The van der Waals surface area contributed by atoms with Gasteiger partial charge >= 0.3 is 0 Å². The largest absolute Gasteiger partial charge is 0.381 e. The third-order valence-corrected chi connectivity index (χ3v) is 4.67. The summed E-state index contributed by atoms with van der Waals surface area (Å²) in [6.07, 6.45) is 1.65. The van der Waals surface area contributed by atoms with Crippen LogP contribution in [0.1, 0.15) is 17.4 Å². The quantitative estimate of drug-likeness (QED) is 0.473. The summed E-state index contributed by atoms with van der Waals surface area (Å²) in [6.45, 7) is 7.84. The highest BCUT2D eigenvalue weighted by molar-refractivity contribution is 7.99. The van der Waals surface area contributed by atoms with Crippen LogP contribution in [0.5, 0.6) is 0 Å². The van der Waals surface area contributed by atoms with E-state index in [-0.39, 0.29) is 0 Å². The van der Waals surface area contributed by atoms with E-state index >= 15 is 0 Å². The van der Waals surface area contributed by atoms with Gasteiger partial charge in [-0.25, -0.2) is 9.97 Å². The number of aromatic nitrogens is 2. The lowest BCUT2D eigenvalue weighted by molar-refractivity contribution is 0.164. The van der Waals surface area contributed by atoms with Crippen LogP contribution in [-0.2, 0) is 4.74 Å². The molecule has 0 amide bonds. The van der Waals surface area contributed by atoms with Crippen LogP contribution in [0.15, 0.2) is 11.4 Å². The van der Waals surface area contributed by atoms with Gasteiger partial charge in [0.25, 0.3) is 0 Å². The Kier molecular flexibility index (Phi) is 4.36. The van der Waals surface area contributed by atoms with Gasteiger partial charge in [-0.3, -0.25) is 0 Å². The molecule has 2 rings (SSSR count). The zero-order valence-corrected chi connectivity index (χ0v) is 12.0. The van der Waals surface area contributed by atoms with Gasteiger partial charge in [0.2, 0.25) is 0 Å². The van der Waals surface area contributed by atoms with E-state index in [1.807, 2.05) is 6.92 Å². The van der Waals surface area contributed by atoms with Gasteiger partial charge in [-0.1, -0.05) is 0 Å². The first kappa shape index (κ1) is 12.8. The van der Waals surface area contributed by atoms with E-state index < -0.39 is 0 Å². The molecule has 5 heteroatoms. The van der Waals surface area contributed by atoms with Gasteiger partial charge in [0, 0.05) is 22.6 Å². The van der Waals surface area contributed by atoms with Crippen molar-refractivity contribution in [1.82, 2.24) is 9.97 Å². The molecule has 0 radical (unpaired) electrons. The molecule has 0 N–H and O–H groups in total. The molecule has 17 heavy (non-hydrogen) atoms. The Labute approximate surface area is 110 Å². The molecular formula is C12H16N2OS2. The number of nitrogens with zero attached hydrogens (tertiary/aromatic N) is 2. The lowest BCUT2D eigenvalue weighted by atomic mass is 10.2. The Hall–Kier alpha value is -0.650. The average molecular weight is 268 g/mol. The van der Waals surface area contributed by atoms with Crippen LogP contribution in [0, 0.1) is 13.8 Å². The number of hydrogen-bond donors (Lipinski definition) is 0. The second-order valence-electron chi connectivity index (χ2n) is 3.69. The first-order valence-corrected chi connectivity index (χ1v) is 7.45. The topological polar surface area (TPSA) is 35.0 Å². The van der Waals surface area contributed by atoms with E-state index in [0.29, 0.717) is 0 Å². The fourth-order valence-electron chi connectivity index (χ4n) is 1.60. The van der Waals surface area contributed by atoms with Gasteiger partial charge in [-0.05, 0) is 26.3 Å². The van der Waals surface area contributed by atoms with Crippen LogP contribution in [0.2, 0.25) is 0 Å². The number of rotatable bonds is 5. The van der Waals surface area contributed by atoms with Crippen LogP contribution in [0.4, 0.5) is 0 Å². The summed E-state index contributed by atoms with van der Waals surface area (Å²) in [7, 11) is 0. The number of thiophene rings is 1. The van der Waals surface area contributed by atoms with Gasteiger partial charge in [-0.15, -0.1) is 23.1 Å². The number of thioether (sulfide) groups is 1. The number of aryl methyl sites for hydroxylation is 2. The summed E-state index contributed by atoms with van der Waals surface area (Å²) < 4.78 is 5.34. The highest BCUT2D eigenvalue weighted by atomic mass is 32.2. The predicted octanol–water partition coefficient (Wildman–Crippen LogP) is 3.44. The minimum Gasteiger partial charge on any atom is -0.381 e. The van der Waals surface area contributed by atoms with Gasteiger partial charge in [0.15, 0.2) is 0 Å². The van der Waals surface area contributed by atoms with Crippen molar-refractivity contribution in [2.24, 2.45) is 0 Å². The summed E-state index contributed by atoms with van der Waals surface area (Å²) >= 11 is 3.49. The molecule has 0 saturated heterocycles. The molecule has 0 aromatic carbocycles. The molecule has 92 valence electrons. The predicted molar refractivity (Wildman–Crippen MR) is 74.1 cm³/mol. The maximum Gasteiger partial charge on any atom is 0.128 e. The van der Waals surface area contributed by atoms with Crippen LogP contribution in [-0.4, -0.2) is 28.9 Å². The Morgan fingerprint density at radius 3 is 2.94 bits per heavy atom. The SMILES string of the molecule is CCOCCSc1ncnc2sc(C)c(C)c12. The second kappa shape index (κ2) is 5.80. The Morgan fingerprint density at radius 2 is 2.18 bits per heavy atom. The second-order valence-corrected chi connectivity index (χ2v) is 5.97. The van der Waals surface area contributed by atoms with E-state index in [2.05, 4.69) is 23.8 Å². The molecule has 0 aliphatic carbocycles. The molecule has 3 nitrogen and oxygen atoms in total. The molecule has 0 saturated carbocycles. The maximum atomic E-state index is 5.34. The molecule has 2 aromatic heterocycles. The lowest BCUT2D eigenvalue weighted by Crippen LogP contribution is -1.96. The number of fused-ring (bicyclic) bond motifs is 1. The highest BCUT2D eigenvalue weighted by Gasteiger charge is 2.11. The monoisotopic (exact) mass is 268 g/mol. The smallest absolute Gasteiger partial charge is 0.128 e. The van der Waals surface area contributed by atoms with Crippen LogP contribution in [0.3, 0.4) is 0 Å². The summed E-state index contributed by atoms with van der Waals surface area (Å²) in [5.41, 5.74) is 1.31. The van der Waals surface area contributed by atoms with Gasteiger partial charge < -0.3 is 4.74 Å². The van der Waals surface area contributed by atoms with E-state index in [1.54, 1.807) is 29.4 Å². The molecule has 0 aliphatic rings. The lowest BCUT2D eigenvalue weighted by Gasteiger charge is -2.03. The van der Waals surface area contributed by atoms with E-state index in [9.17, 15) is 0 Å². The maximum absolute atomic E-state index is 5.34. The molecule has 2 heterocycles. The molecule has 0 fully saturated rings. The molecule has 2 aromatic rings. The Bertz CT molecular complexity index is 510. The number of hydrogen-bond acceptors (Lipinski definition) is 5. The van der Waals surface area contributed by atoms with E-state index in [0.717, 1.165) is 28.8 Å². The van der Waals surface area contributed by atoms with Crippen molar-refractivity contribution >= 4 is 33.3 Å². The van der Waals surface area contributed by atoms with Crippen molar-refractivity contribution < 1.29 is 4.74 Å². The minimum atomic E-state index is 0.773. The number of ether oxygens (including phenoxy) is 1. The molecule has 0 unspecified atom stereocenters. The summed E-state index contributed by atoms with van der Waals surface area (Å²) in [4.78, 5) is 11.1.